The van der Waals surface area contributed by atoms with Crippen LogP contribution in [0, 0.1) is 0 Å². The lowest BCUT2D eigenvalue weighted by atomic mass is 10.2. The molecule has 1 N–H and O–H groups in total. The minimum absolute atomic E-state index is 0.275. The summed E-state index contributed by atoms with van der Waals surface area (Å²) in [7, 11) is 0. The zero-order chi connectivity index (χ0) is 16.5. The highest BCUT2D eigenvalue weighted by atomic mass is 16.5. The molecule has 0 radical (unpaired) electrons. The molecule has 0 saturated heterocycles. The van der Waals surface area contributed by atoms with Gasteiger partial charge in [0, 0.05) is 13.1 Å². The second-order valence-corrected chi connectivity index (χ2v) is 5.39. The van der Waals surface area contributed by atoms with Gasteiger partial charge >= 0.3 is 5.97 Å². The van der Waals surface area contributed by atoms with Crippen LogP contribution in [0.25, 0.3) is 0 Å². The number of ether oxygens (including phenoxy) is 1. The van der Waals surface area contributed by atoms with Gasteiger partial charge in [-0.15, -0.1) is 0 Å². The second kappa shape index (κ2) is 8.96. The zero-order valence-electron chi connectivity index (χ0n) is 13.4. The Morgan fingerprint density at radius 3 is 2.39 bits per heavy atom. The van der Waals surface area contributed by atoms with Crippen molar-refractivity contribution in [3.8, 4) is 5.75 Å². The Morgan fingerprint density at radius 1 is 1.09 bits per heavy atom. The van der Waals surface area contributed by atoms with E-state index in [1.165, 1.54) is 5.56 Å². The van der Waals surface area contributed by atoms with Crippen LogP contribution in [0.4, 0.5) is 0 Å². The van der Waals surface area contributed by atoms with Crippen molar-refractivity contribution in [2.45, 2.75) is 19.9 Å². The average Bonchev–Trinajstić information content (AvgIpc) is 2.59. The molecule has 0 atom stereocenters. The molecule has 4 heteroatoms. The SMILES string of the molecule is CCN(CCCOc1ccc(C(=O)O)cc1)Cc1ccccc1. The van der Waals surface area contributed by atoms with Crippen LogP contribution in [0.3, 0.4) is 0 Å². The lowest BCUT2D eigenvalue weighted by Gasteiger charge is -2.20. The van der Waals surface area contributed by atoms with Crippen molar-refractivity contribution >= 4 is 5.97 Å². The number of carboxylic acid groups (broad SMARTS) is 1. The molecule has 0 aliphatic heterocycles. The van der Waals surface area contributed by atoms with Crippen LogP contribution >= 0.6 is 0 Å². The maximum atomic E-state index is 10.8. The van der Waals surface area contributed by atoms with E-state index in [1.807, 2.05) is 6.07 Å². The van der Waals surface area contributed by atoms with Crippen molar-refractivity contribution in [3.05, 3.63) is 65.7 Å². The predicted molar refractivity (Wildman–Crippen MR) is 90.9 cm³/mol. The van der Waals surface area contributed by atoms with Crippen molar-refractivity contribution in [3.63, 3.8) is 0 Å². The third-order valence-electron chi connectivity index (χ3n) is 3.68. The van der Waals surface area contributed by atoms with Gasteiger partial charge in [0.1, 0.15) is 5.75 Å². The van der Waals surface area contributed by atoms with Gasteiger partial charge in [0.25, 0.3) is 0 Å². The number of benzene rings is 2. The molecular weight excluding hydrogens is 290 g/mol. The molecule has 0 aliphatic carbocycles. The van der Waals surface area contributed by atoms with Gasteiger partial charge in [-0.3, -0.25) is 4.90 Å². The molecule has 0 fully saturated rings. The van der Waals surface area contributed by atoms with Crippen LogP contribution in [0.1, 0.15) is 29.3 Å². The van der Waals surface area contributed by atoms with E-state index in [-0.39, 0.29) is 5.56 Å². The number of carbonyl (C=O) groups is 1. The third kappa shape index (κ3) is 5.75. The Morgan fingerprint density at radius 2 is 1.78 bits per heavy atom. The van der Waals surface area contributed by atoms with Crippen LogP contribution < -0.4 is 4.74 Å². The summed E-state index contributed by atoms with van der Waals surface area (Å²) in [5, 5.41) is 8.85. The van der Waals surface area contributed by atoms with E-state index in [9.17, 15) is 4.79 Å². The van der Waals surface area contributed by atoms with Gasteiger partial charge in [0.15, 0.2) is 0 Å². The maximum absolute atomic E-state index is 10.8. The quantitative estimate of drug-likeness (QED) is 0.718. The molecule has 2 aromatic carbocycles. The van der Waals surface area contributed by atoms with E-state index in [0.29, 0.717) is 12.4 Å². The van der Waals surface area contributed by atoms with E-state index in [4.69, 9.17) is 9.84 Å². The summed E-state index contributed by atoms with van der Waals surface area (Å²) in [5.41, 5.74) is 1.59. The molecule has 0 unspecified atom stereocenters. The number of hydrogen-bond acceptors (Lipinski definition) is 3. The van der Waals surface area contributed by atoms with Crippen molar-refractivity contribution in [2.75, 3.05) is 19.7 Å². The second-order valence-electron chi connectivity index (χ2n) is 5.39. The Balaban J connectivity index is 1.72. The predicted octanol–water partition coefficient (Wildman–Crippen LogP) is 3.68. The Hall–Kier alpha value is -2.33. The van der Waals surface area contributed by atoms with Crippen molar-refractivity contribution in [2.24, 2.45) is 0 Å². The molecule has 0 aliphatic rings. The minimum Gasteiger partial charge on any atom is -0.494 e. The summed E-state index contributed by atoms with van der Waals surface area (Å²) >= 11 is 0. The summed E-state index contributed by atoms with van der Waals surface area (Å²) < 4.78 is 5.67. The highest BCUT2D eigenvalue weighted by Gasteiger charge is 2.04. The Kier molecular flexibility index (Phi) is 6.63. The van der Waals surface area contributed by atoms with E-state index >= 15 is 0 Å². The highest BCUT2D eigenvalue weighted by Crippen LogP contribution is 2.12. The smallest absolute Gasteiger partial charge is 0.335 e. The molecule has 23 heavy (non-hydrogen) atoms. The van der Waals surface area contributed by atoms with Gasteiger partial charge < -0.3 is 9.84 Å². The van der Waals surface area contributed by atoms with Gasteiger partial charge in [-0.25, -0.2) is 4.79 Å². The zero-order valence-corrected chi connectivity index (χ0v) is 13.4. The van der Waals surface area contributed by atoms with E-state index in [0.717, 1.165) is 26.1 Å². The Labute approximate surface area is 137 Å². The summed E-state index contributed by atoms with van der Waals surface area (Å²) in [6, 6.07) is 17.0. The van der Waals surface area contributed by atoms with Crippen LogP contribution in [-0.2, 0) is 6.54 Å². The molecule has 4 nitrogen and oxygen atoms in total. The molecule has 2 aromatic rings. The molecule has 0 heterocycles. The number of hydrogen-bond donors (Lipinski definition) is 1. The van der Waals surface area contributed by atoms with Crippen LogP contribution in [0.2, 0.25) is 0 Å². The minimum atomic E-state index is -0.920. The molecule has 0 spiro atoms. The van der Waals surface area contributed by atoms with Crippen LogP contribution in [-0.4, -0.2) is 35.7 Å². The topological polar surface area (TPSA) is 49.8 Å². The molecule has 0 amide bonds. The lowest BCUT2D eigenvalue weighted by molar-refractivity contribution is 0.0697. The summed E-state index contributed by atoms with van der Waals surface area (Å²) in [4.78, 5) is 13.2. The monoisotopic (exact) mass is 313 g/mol. The molecule has 122 valence electrons. The van der Waals surface area contributed by atoms with E-state index < -0.39 is 5.97 Å². The fraction of sp³-hybridized carbons (Fsp3) is 0.316. The van der Waals surface area contributed by atoms with Crippen molar-refractivity contribution in [1.29, 1.82) is 0 Å². The fourth-order valence-corrected chi connectivity index (χ4v) is 2.36. The summed E-state index contributed by atoms with van der Waals surface area (Å²) in [5.74, 6) is -0.211. The lowest BCUT2D eigenvalue weighted by Crippen LogP contribution is -2.25. The van der Waals surface area contributed by atoms with Crippen molar-refractivity contribution in [1.82, 2.24) is 4.90 Å². The van der Waals surface area contributed by atoms with Gasteiger partial charge in [0.05, 0.1) is 12.2 Å². The first kappa shape index (κ1) is 17.0. The first-order valence-corrected chi connectivity index (χ1v) is 7.91. The maximum Gasteiger partial charge on any atom is 0.335 e. The average molecular weight is 313 g/mol. The first-order valence-electron chi connectivity index (χ1n) is 7.91. The number of nitrogens with zero attached hydrogens (tertiary/aromatic N) is 1. The van der Waals surface area contributed by atoms with E-state index in [1.54, 1.807) is 24.3 Å². The molecule has 0 aromatic heterocycles. The fourth-order valence-electron chi connectivity index (χ4n) is 2.36. The Bertz CT molecular complexity index is 596. The highest BCUT2D eigenvalue weighted by molar-refractivity contribution is 5.87. The van der Waals surface area contributed by atoms with Gasteiger partial charge in [0.2, 0.25) is 0 Å². The molecule has 0 bridgehead atoms. The van der Waals surface area contributed by atoms with Gasteiger partial charge in [-0.1, -0.05) is 37.3 Å². The number of carboxylic acids is 1. The normalized spacial score (nSPS) is 10.7. The third-order valence-corrected chi connectivity index (χ3v) is 3.68. The van der Waals surface area contributed by atoms with E-state index in [2.05, 4.69) is 36.1 Å². The molecule has 2 rings (SSSR count). The largest absolute Gasteiger partial charge is 0.494 e. The number of rotatable bonds is 9. The number of aromatic carboxylic acids is 1. The van der Waals surface area contributed by atoms with Crippen LogP contribution in [0.5, 0.6) is 5.75 Å². The van der Waals surface area contributed by atoms with Gasteiger partial charge in [-0.2, -0.15) is 0 Å². The molecule has 0 saturated carbocycles. The standard InChI is InChI=1S/C19H23NO3/c1-2-20(15-16-7-4-3-5-8-16)13-6-14-23-18-11-9-17(10-12-18)19(21)22/h3-5,7-12H,2,6,13-15H2,1H3,(H,21,22). The van der Waals surface area contributed by atoms with Crippen molar-refractivity contribution < 1.29 is 14.6 Å². The van der Waals surface area contributed by atoms with Crippen LogP contribution in [0.15, 0.2) is 54.6 Å². The first-order chi connectivity index (χ1) is 11.2. The summed E-state index contributed by atoms with van der Waals surface area (Å²) in [6.07, 6.45) is 0.932. The summed E-state index contributed by atoms with van der Waals surface area (Å²) in [6.45, 7) is 5.71. The van der Waals surface area contributed by atoms with Gasteiger partial charge in [-0.05, 0) is 42.8 Å². The molecular formula is C19H23NO3.